The molecule has 7 heteroatoms. The van der Waals surface area contributed by atoms with Crippen molar-refractivity contribution in [3.05, 3.63) is 28.8 Å². The molecule has 0 aliphatic carbocycles. The van der Waals surface area contributed by atoms with E-state index in [0.717, 1.165) is 6.26 Å². The normalized spacial score (nSPS) is 11.2. The van der Waals surface area contributed by atoms with E-state index in [-0.39, 0.29) is 23.9 Å². The number of amides is 1. The minimum atomic E-state index is -3.00. The molecule has 0 aliphatic heterocycles. The number of benzene rings is 1. The Morgan fingerprint density at radius 2 is 2.11 bits per heavy atom. The van der Waals surface area contributed by atoms with Crippen molar-refractivity contribution in [3.63, 3.8) is 0 Å². The lowest BCUT2D eigenvalue weighted by molar-refractivity contribution is 0.0954. The number of hydrogen-bond acceptors (Lipinski definition) is 4. The number of anilines is 1. The number of carbonyl (C=O) groups is 1. The Hall–Kier alpha value is -1.27. The van der Waals surface area contributed by atoms with Crippen molar-refractivity contribution in [2.75, 3.05) is 24.3 Å². The first-order chi connectivity index (χ1) is 8.31. The lowest BCUT2D eigenvalue weighted by Gasteiger charge is -2.08. The number of hydrogen-bond donors (Lipinski definition) is 2. The number of sulfone groups is 1. The van der Waals surface area contributed by atoms with Gasteiger partial charge in [-0.2, -0.15) is 0 Å². The van der Waals surface area contributed by atoms with Crippen molar-refractivity contribution in [2.24, 2.45) is 0 Å². The summed E-state index contributed by atoms with van der Waals surface area (Å²) in [5.74, 6) is -0.318. The fourth-order valence-corrected chi connectivity index (χ4v) is 2.21. The van der Waals surface area contributed by atoms with Gasteiger partial charge < -0.3 is 11.1 Å². The molecule has 0 aliphatic rings. The third-order valence-electron chi connectivity index (χ3n) is 2.28. The Balaban J connectivity index is 2.54. The molecule has 0 radical (unpaired) electrons. The van der Waals surface area contributed by atoms with Gasteiger partial charge in [-0.1, -0.05) is 17.7 Å². The second kappa shape index (κ2) is 6.06. The van der Waals surface area contributed by atoms with Gasteiger partial charge in [-0.25, -0.2) is 8.42 Å². The predicted molar refractivity (Wildman–Crippen MR) is 72.5 cm³/mol. The van der Waals surface area contributed by atoms with Crippen LogP contribution in [0.5, 0.6) is 0 Å². The average Bonchev–Trinajstić information content (AvgIpc) is 2.26. The number of para-hydroxylation sites is 1. The van der Waals surface area contributed by atoms with E-state index in [1.54, 1.807) is 18.2 Å². The molecule has 0 aromatic heterocycles. The van der Waals surface area contributed by atoms with Crippen molar-refractivity contribution in [1.29, 1.82) is 0 Å². The van der Waals surface area contributed by atoms with Crippen LogP contribution in [0.2, 0.25) is 5.02 Å². The van der Waals surface area contributed by atoms with Crippen LogP contribution in [-0.2, 0) is 9.84 Å². The third-order valence-corrected chi connectivity index (χ3v) is 3.63. The van der Waals surface area contributed by atoms with E-state index in [1.807, 2.05) is 0 Å². The van der Waals surface area contributed by atoms with E-state index in [1.165, 1.54) is 0 Å². The number of nitrogens with two attached hydrogens (primary N) is 1. The molecule has 5 nitrogen and oxygen atoms in total. The van der Waals surface area contributed by atoms with Crippen molar-refractivity contribution < 1.29 is 13.2 Å². The van der Waals surface area contributed by atoms with E-state index in [2.05, 4.69) is 5.32 Å². The quantitative estimate of drug-likeness (QED) is 0.627. The van der Waals surface area contributed by atoms with Crippen LogP contribution in [0.25, 0.3) is 0 Å². The largest absolute Gasteiger partial charge is 0.397 e. The number of nitrogens with one attached hydrogen (secondary N) is 1. The second-order valence-electron chi connectivity index (χ2n) is 3.94. The molecular formula is C11H15ClN2O3S. The minimum absolute atomic E-state index is 0.0400. The van der Waals surface area contributed by atoms with Gasteiger partial charge in [-0.15, -0.1) is 0 Å². The lowest BCUT2D eigenvalue weighted by atomic mass is 10.1. The molecule has 0 spiro atoms. The van der Waals surface area contributed by atoms with Gasteiger partial charge >= 0.3 is 0 Å². The summed E-state index contributed by atoms with van der Waals surface area (Å²) in [5.41, 5.74) is 6.18. The zero-order valence-corrected chi connectivity index (χ0v) is 11.5. The monoisotopic (exact) mass is 290 g/mol. The Kier molecular flexibility index (Phi) is 4.98. The Morgan fingerprint density at radius 1 is 1.44 bits per heavy atom. The van der Waals surface area contributed by atoms with Gasteiger partial charge in [0.2, 0.25) is 0 Å². The Bertz CT molecular complexity index is 543. The molecule has 18 heavy (non-hydrogen) atoms. The topological polar surface area (TPSA) is 89.3 Å². The van der Waals surface area contributed by atoms with Crippen LogP contribution in [-0.4, -0.2) is 32.9 Å². The molecule has 1 aromatic carbocycles. The predicted octanol–water partition coefficient (Wildman–Crippen LogP) is 1.09. The molecule has 0 saturated heterocycles. The molecule has 1 rings (SSSR count). The zero-order valence-electron chi connectivity index (χ0n) is 9.94. The second-order valence-corrected chi connectivity index (χ2v) is 6.61. The smallest absolute Gasteiger partial charge is 0.253 e. The van der Waals surface area contributed by atoms with E-state index in [4.69, 9.17) is 17.3 Å². The maximum absolute atomic E-state index is 11.7. The Labute approximate surface area is 111 Å². The van der Waals surface area contributed by atoms with E-state index >= 15 is 0 Å². The minimum Gasteiger partial charge on any atom is -0.397 e. The maximum atomic E-state index is 11.7. The molecule has 0 unspecified atom stereocenters. The molecule has 1 aromatic rings. The van der Waals surface area contributed by atoms with Crippen LogP contribution in [0, 0.1) is 0 Å². The van der Waals surface area contributed by atoms with Crippen molar-refractivity contribution in [2.45, 2.75) is 6.42 Å². The SMILES string of the molecule is CS(=O)(=O)CCCNC(=O)c1cccc(Cl)c1N. The molecule has 0 fully saturated rings. The van der Waals surface area contributed by atoms with Crippen molar-refractivity contribution in [1.82, 2.24) is 5.32 Å². The molecule has 100 valence electrons. The van der Waals surface area contributed by atoms with Crippen LogP contribution in [0.4, 0.5) is 5.69 Å². The molecule has 3 N–H and O–H groups in total. The highest BCUT2D eigenvalue weighted by Crippen LogP contribution is 2.22. The van der Waals surface area contributed by atoms with E-state index in [9.17, 15) is 13.2 Å². The standard InChI is InChI=1S/C11H15ClN2O3S/c1-18(16,17)7-3-6-14-11(15)8-4-2-5-9(12)10(8)13/h2,4-5H,3,6-7,13H2,1H3,(H,14,15). The van der Waals surface area contributed by atoms with Crippen molar-refractivity contribution >= 4 is 33.0 Å². The van der Waals surface area contributed by atoms with Gasteiger partial charge in [0, 0.05) is 12.8 Å². The highest BCUT2D eigenvalue weighted by molar-refractivity contribution is 7.90. The first-order valence-corrected chi connectivity index (χ1v) is 7.75. The van der Waals surface area contributed by atoms with Crippen LogP contribution >= 0.6 is 11.6 Å². The molecule has 0 atom stereocenters. The number of carbonyl (C=O) groups excluding carboxylic acids is 1. The first kappa shape index (κ1) is 14.8. The summed E-state index contributed by atoms with van der Waals surface area (Å²) in [6.45, 7) is 0.276. The van der Waals surface area contributed by atoms with Crippen LogP contribution in [0.15, 0.2) is 18.2 Å². The first-order valence-electron chi connectivity index (χ1n) is 5.31. The lowest BCUT2D eigenvalue weighted by Crippen LogP contribution is -2.26. The molecule has 0 bridgehead atoms. The van der Waals surface area contributed by atoms with Crippen molar-refractivity contribution in [3.8, 4) is 0 Å². The summed E-state index contributed by atoms with van der Waals surface area (Å²) < 4.78 is 21.8. The maximum Gasteiger partial charge on any atom is 0.253 e. The zero-order chi connectivity index (χ0) is 13.8. The number of rotatable bonds is 5. The number of halogens is 1. The summed E-state index contributed by atoms with van der Waals surface area (Å²) >= 11 is 5.79. The van der Waals surface area contributed by atoms with Crippen LogP contribution in [0.1, 0.15) is 16.8 Å². The van der Waals surface area contributed by atoms with Gasteiger partial charge in [0.25, 0.3) is 5.91 Å². The summed E-state index contributed by atoms with van der Waals surface area (Å²) in [7, 11) is -3.00. The molecular weight excluding hydrogens is 276 g/mol. The third kappa shape index (κ3) is 4.54. The highest BCUT2D eigenvalue weighted by Gasteiger charge is 2.11. The van der Waals surface area contributed by atoms with Crippen LogP contribution in [0.3, 0.4) is 0 Å². The van der Waals surface area contributed by atoms with Gasteiger partial charge in [0.05, 0.1) is 22.0 Å². The van der Waals surface area contributed by atoms with Crippen LogP contribution < -0.4 is 11.1 Å². The summed E-state index contributed by atoms with van der Waals surface area (Å²) in [6, 6.07) is 4.79. The molecule has 0 saturated carbocycles. The fourth-order valence-electron chi connectivity index (χ4n) is 1.37. The number of nitrogen functional groups attached to an aromatic ring is 1. The summed E-state index contributed by atoms with van der Waals surface area (Å²) in [4.78, 5) is 11.7. The summed E-state index contributed by atoms with van der Waals surface area (Å²) in [5, 5.41) is 2.92. The van der Waals surface area contributed by atoms with Gasteiger partial charge in [0.1, 0.15) is 9.84 Å². The average molecular weight is 291 g/mol. The van der Waals surface area contributed by atoms with Gasteiger partial charge in [0.15, 0.2) is 0 Å². The highest BCUT2D eigenvalue weighted by atomic mass is 35.5. The molecule has 1 amide bonds. The van der Waals surface area contributed by atoms with Gasteiger partial charge in [-0.05, 0) is 18.6 Å². The summed E-state index contributed by atoms with van der Waals surface area (Å²) in [6.07, 6.45) is 1.52. The van der Waals surface area contributed by atoms with E-state index < -0.39 is 9.84 Å². The van der Waals surface area contributed by atoms with E-state index in [0.29, 0.717) is 17.0 Å². The fraction of sp³-hybridized carbons (Fsp3) is 0.364. The molecule has 0 heterocycles. The van der Waals surface area contributed by atoms with Gasteiger partial charge in [-0.3, -0.25) is 4.79 Å². The Morgan fingerprint density at radius 3 is 2.72 bits per heavy atom.